The van der Waals surface area contributed by atoms with Crippen LogP contribution >= 0.6 is 39.1 Å². The minimum Gasteiger partial charge on any atom is -0.461 e. The van der Waals surface area contributed by atoms with E-state index in [0.717, 1.165) is 5.56 Å². The smallest absolute Gasteiger partial charge is 0.358 e. The predicted molar refractivity (Wildman–Crippen MR) is 131 cm³/mol. The first-order chi connectivity index (χ1) is 15.8. The fourth-order valence-electron chi connectivity index (χ4n) is 3.49. The largest absolute Gasteiger partial charge is 0.461 e. The van der Waals surface area contributed by atoms with Crippen LogP contribution in [0.15, 0.2) is 47.2 Å². The minimum absolute atomic E-state index is 0.0251. The first kappa shape index (κ1) is 25.5. The average molecular weight is 559 g/mol. The van der Waals surface area contributed by atoms with Gasteiger partial charge in [-0.3, -0.25) is 0 Å². The van der Waals surface area contributed by atoms with Crippen LogP contribution in [0.2, 0.25) is 10.0 Å². The lowest BCUT2D eigenvalue weighted by Crippen LogP contribution is -2.23. The summed E-state index contributed by atoms with van der Waals surface area (Å²) >= 11 is 15.6. The number of anilines is 1. The first-order valence-corrected chi connectivity index (χ1v) is 11.7. The Bertz CT molecular complexity index is 1120. The molecule has 0 amide bonds. The summed E-state index contributed by atoms with van der Waals surface area (Å²) in [5.41, 5.74) is 2.04. The van der Waals surface area contributed by atoms with E-state index in [1.165, 1.54) is 12.1 Å². The Morgan fingerprint density at radius 3 is 2.55 bits per heavy atom. The van der Waals surface area contributed by atoms with Crippen LogP contribution in [0.1, 0.15) is 47.7 Å². The third kappa shape index (κ3) is 5.87. The van der Waals surface area contributed by atoms with Crippen LogP contribution in [-0.2, 0) is 9.47 Å². The van der Waals surface area contributed by atoms with Gasteiger partial charge in [-0.2, -0.15) is 0 Å². The predicted octanol–water partition coefficient (Wildman–Crippen LogP) is 6.68. The Labute approximate surface area is 210 Å². The van der Waals surface area contributed by atoms with Crippen LogP contribution in [0.25, 0.3) is 0 Å². The second-order valence-electron chi connectivity index (χ2n) is 7.27. The molecular formula is C23H23BrCl2FN3O3. The zero-order valence-corrected chi connectivity index (χ0v) is 21.3. The van der Waals surface area contributed by atoms with E-state index >= 15 is 0 Å². The van der Waals surface area contributed by atoms with E-state index in [-0.39, 0.29) is 23.4 Å². The SMILES string of the molecule is CCOC(=O)c1nc(Br)n(C(C)COC)c1C(Nc1ccc(F)c(Cl)c1)c1ccc(Cl)cc1. The lowest BCUT2D eigenvalue weighted by atomic mass is 10.0. The molecule has 10 heteroatoms. The maximum atomic E-state index is 13.8. The van der Waals surface area contributed by atoms with Crippen molar-refractivity contribution in [2.75, 3.05) is 25.6 Å². The highest BCUT2D eigenvalue weighted by molar-refractivity contribution is 9.10. The number of nitrogens with zero attached hydrogens (tertiary/aromatic N) is 2. The van der Waals surface area contributed by atoms with Crippen LogP contribution in [0.4, 0.5) is 10.1 Å². The minimum atomic E-state index is -0.582. The summed E-state index contributed by atoms with van der Waals surface area (Å²) in [7, 11) is 1.60. The topological polar surface area (TPSA) is 65.4 Å². The van der Waals surface area contributed by atoms with Crippen molar-refractivity contribution in [1.82, 2.24) is 9.55 Å². The molecule has 3 rings (SSSR count). The van der Waals surface area contributed by atoms with Gasteiger partial charge in [-0.15, -0.1) is 0 Å². The lowest BCUT2D eigenvalue weighted by Gasteiger charge is -2.26. The number of nitrogens with one attached hydrogen (secondary N) is 1. The number of carbonyl (C=O) groups is 1. The molecule has 0 saturated carbocycles. The number of carbonyl (C=O) groups excluding carboxylic acids is 1. The van der Waals surface area contributed by atoms with Gasteiger partial charge in [-0.1, -0.05) is 35.3 Å². The van der Waals surface area contributed by atoms with Crippen LogP contribution in [-0.4, -0.2) is 35.8 Å². The van der Waals surface area contributed by atoms with Crippen molar-refractivity contribution in [2.45, 2.75) is 25.9 Å². The molecule has 1 N–H and O–H groups in total. The number of hydrogen-bond donors (Lipinski definition) is 1. The molecule has 0 fully saturated rings. The van der Waals surface area contributed by atoms with Crippen LogP contribution in [0, 0.1) is 5.82 Å². The highest BCUT2D eigenvalue weighted by atomic mass is 79.9. The summed E-state index contributed by atoms with van der Waals surface area (Å²) in [6, 6.07) is 10.8. The van der Waals surface area contributed by atoms with E-state index in [9.17, 15) is 9.18 Å². The Morgan fingerprint density at radius 1 is 1.24 bits per heavy atom. The molecule has 0 aliphatic carbocycles. The zero-order chi connectivity index (χ0) is 24.1. The molecule has 2 aromatic carbocycles. The van der Waals surface area contributed by atoms with Crippen LogP contribution in [0.3, 0.4) is 0 Å². The van der Waals surface area contributed by atoms with Gasteiger partial charge in [0, 0.05) is 17.8 Å². The van der Waals surface area contributed by atoms with E-state index < -0.39 is 17.8 Å². The van der Waals surface area contributed by atoms with E-state index in [4.69, 9.17) is 32.7 Å². The van der Waals surface area contributed by atoms with Crippen molar-refractivity contribution in [3.63, 3.8) is 0 Å². The molecular weight excluding hydrogens is 536 g/mol. The number of hydrogen-bond acceptors (Lipinski definition) is 5. The summed E-state index contributed by atoms with van der Waals surface area (Å²) < 4.78 is 26.7. The third-order valence-electron chi connectivity index (χ3n) is 4.93. The third-order valence-corrected chi connectivity index (χ3v) is 6.03. The van der Waals surface area contributed by atoms with Gasteiger partial charge in [-0.25, -0.2) is 14.2 Å². The van der Waals surface area contributed by atoms with Gasteiger partial charge in [0.2, 0.25) is 0 Å². The average Bonchev–Trinajstić information content (AvgIpc) is 3.12. The summed E-state index contributed by atoms with van der Waals surface area (Å²) in [4.78, 5) is 17.4. The molecule has 0 radical (unpaired) electrons. The van der Waals surface area contributed by atoms with Gasteiger partial charge in [0.25, 0.3) is 0 Å². The number of halogens is 4. The maximum absolute atomic E-state index is 13.8. The van der Waals surface area contributed by atoms with Crippen molar-refractivity contribution in [3.8, 4) is 0 Å². The van der Waals surface area contributed by atoms with Gasteiger partial charge in [0.1, 0.15) is 5.82 Å². The van der Waals surface area contributed by atoms with E-state index in [0.29, 0.717) is 27.7 Å². The standard InChI is InChI=1S/C23H23BrCl2FN3O3/c1-4-33-22(31)20-21(30(23(24)29-20)13(2)12-32-3)19(14-5-7-15(25)8-6-14)28-16-9-10-18(27)17(26)11-16/h5-11,13,19,28H,4,12H2,1-3H3. The van der Waals surface area contributed by atoms with Crippen molar-refractivity contribution in [1.29, 1.82) is 0 Å². The van der Waals surface area contributed by atoms with Crippen molar-refractivity contribution >= 4 is 50.8 Å². The number of imidazole rings is 1. The molecule has 1 heterocycles. The number of ether oxygens (including phenoxy) is 2. The van der Waals surface area contributed by atoms with Crippen LogP contribution in [0.5, 0.6) is 0 Å². The summed E-state index contributed by atoms with van der Waals surface area (Å²) in [5.74, 6) is -1.09. The summed E-state index contributed by atoms with van der Waals surface area (Å²) in [6.45, 7) is 4.25. The molecule has 3 aromatic rings. The van der Waals surface area contributed by atoms with Crippen molar-refractivity contribution in [3.05, 3.63) is 80.0 Å². The molecule has 0 aliphatic heterocycles. The molecule has 33 heavy (non-hydrogen) atoms. The fraction of sp³-hybridized carbons (Fsp3) is 0.304. The Morgan fingerprint density at radius 2 is 1.94 bits per heavy atom. The summed E-state index contributed by atoms with van der Waals surface area (Å²) in [5, 5.41) is 3.90. The second-order valence-corrected chi connectivity index (χ2v) is 8.82. The fourth-order valence-corrected chi connectivity index (χ4v) is 4.52. The molecule has 2 unspecified atom stereocenters. The van der Waals surface area contributed by atoms with Gasteiger partial charge in [0.15, 0.2) is 10.4 Å². The van der Waals surface area contributed by atoms with E-state index in [1.54, 1.807) is 32.2 Å². The normalized spacial score (nSPS) is 12.9. The molecule has 1 aromatic heterocycles. The number of benzene rings is 2. The van der Waals surface area contributed by atoms with Gasteiger partial charge in [-0.05, 0) is 65.7 Å². The molecule has 0 saturated heterocycles. The maximum Gasteiger partial charge on any atom is 0.358 e. The molecule has 6 nitrogen and oxygen atoms in total. The van der Waals surface area contributed by atoms with Crippen molar-refractivity contribution in [2.24, 2.45) is 0 Å². The lowest BCUT2D eigenvalue weighted by molar-refractivity contribution is 0.0518. The quantitative estimate of drug-likeness (QED) is 0.297. The Hall–Kier alpha value is -2.13. The number of aromatic nitrogens is 2. The Kier molecular flexibility index (Phi) is 8.75. The molecule has 0 bridgehead atoms. The van der Waals surface area contributed by atoms with Crippen LogP contribution < -0.4 is 5.32 Å². The number of methoxy groups -OCH3 is 1. The molecule has 0 spiro atoms. The van der Waals surface area contributed by atoms with Gasteiger partial charge >= 0.3 is 5.97 Å². The molecule has 2 atom stereocenters. The first-order valence-electron chi connectivity index (χ1n) is 10.2. The zero-order valence-electron chi connectivity index (χ0n) is 18.2. The second kappa shape index (κ2) is 11.3. The van der Waals surface area contributed by atoms with Crippen molar-refractivity contribution < 1.29 is 18.7 Å². The van der Waals surface area contributed by atoms with E-state index in [1.807, 2.05) is 23.6 Å². The van der Waals surface area contributed by atoms with Gasteiger partial charge < -0.3 is 19.4 Å². The Balaban J connectivity index is 2.23. The molecule has 176 valence electrons. The highest BCUT2D eigenvalue weighted by Crippen LogP contribution is 2.35. The summed E-state index contributed by atoms with van der Waals surface area (Å²) in [6.07, 6.45) is 0. The number of esters is 1. The number of rotatable bonds is 9. The molecule has 0 aliphatic rings. The van der Waals surface area contributed by atoms with E-state index in [2.05, 4.69) is 26.2 Å². The highest BCUT2D eigenvalue weighted by Gasteiger charge is 2.31. The monoisotopic (exact) mass is 557 g/mol. The van der Waals surface area contributed by atoms with Gasteiger partial charge in [0.05, 0.1) is 36.0 Å².